The minimum Gasteiger partial charge on any atom is -0.0813 e. The minimum atomic E-state index is 1.34. The van der Waals surface area contributed by atoms with Crippen LogP contribution < -0.4 is 10.9 Å². The van der Waals surface area contributed by atoms with Crippen molar-refractivity contribution >= 4 is 48.2 Å². The second kappa shape index (κ2) is 3.41. The molecule has 3 rings (SSSR count). The lowest BCUT2D eigenvalue weighted by atomic mass is 9.85. The average Bonchev–Trinajstić information content (AvgIpc) is 2.29. The largest absolute Gasteiger partial charge is 0.140 e. The second-order valence-electron chi connectivity index (χ2n) is 4.44. The van der Waals surface area contributed by atoms with Crippen LogP contribution in [0.4, 0.5) is 0 Å². The third-order valence-electron chi connectivity index (χ3n) is 3.32. The molecule has 2 heteroatoms. The molecule has 0 bridgehead atoms. The van der Waals surface area contributed by atoms with E-state index < -0.39 is 0 Å². The van der Waals surface area contributed by atoms with E-state index in [1.807, 2.05) is 0 Å². The highest BCUT2D eigenvalue weighted by Crippen LogP contribution is 2.19. The van der Waals surface area contributed by atoms with E-state index >= 15 is 0 Å². The first-order valence-corrected chi connectivity index (χ1v) is 5.64. The normalized spacial score (nSPS) is 11.0. The molecule has 0 aliphatic rings. The van der Waals surface area contributed by atoms with Crippen molar-refractivity contribution in [2.24, 2.45) is 0 Å². The summed E-state index contributed by atoms with van der Waals surface area (Å²) in [6, 6.07) is 17.6. The van der Waals surface area contributed by atoms with Gasteiger partial charge in [-0.15, -0.1) is 0 Å². The quantitative estimate of drug-likeness (QED) is 0.368. The molecule has 0 atom stereocenters. The van der Waals surface area contributed by atoms with Gasteiger partial charge < -0.3 is 0 Å². The van der Waals surface area contributed by atoms with Crippen molar-refractivity contribution in [3.63, 3.8) is 0 Å². The molecule has 3 aromatic carbocycles. The van der Waals surface area contributed by atoms with Gasteiger partial charge in [-0.05, 0) is 33.7 Å². The van der Waals surface area contributed by atoms with Crippen LogP contribution in [0.25, 0.3) is 21.5 Å². The predicted molar refractivity (Wildman–Crippen MR) is 77.8 cm³/mol. The molecule has 0 saturated heterocycles. The van der Waals surface area contributed by atoms with Crippen LogP contribution in [0.5, 0.6) is 0 Å². The number of hydrogen-bond acceptors (Lipinski definition) is 0. The van der Waals surface area contributed by atoms with Crippen LogP contribution in [0.3, 0.4) is 0 Å². The van der Waals surface area contributed by atoms with E-state index in [4.69, 9.17) is 0 Å². The fourth-order valence-electron chi connectivity index (χ4n) is 2.36. The van der Waals surface area contributed by atoms with Gasteiger partial charge in [-0.1, -0.05) is 47.3 Å². The lowest BCUT2D eigenvalue weighted by Gasteiger charge is -2.07. The van der Waals surface area contributed by atoms with Crippen LogP contribution >= 0.6 is 0 Å². The van der Waals surface area contributed by atoms with E-state index in [2.05, 4.69) is 64.2 Å². The zero-order chi connectivity index (χ0) is 11.1. The Labute approximate surface area is 97.1 Å². The number of rotatable bonds is 0. The zero-order valence-corrected chi connectivity index (χ0v) is 9.62. The Morgan fingerprint density at radius 3 is 1.50 bits per heavy atom. The summed E-state index contributed by atoms with van der Waals surface area (Å²) in [6.07, 6.45) is 0. The van der Waals surface area contributed by atoms with Crippen LogP contribution in [-0.4, -0.2) is 15.7 Å². The summed E-state index contributed by atoms with van der Waals surface area (Å²) in [5.41, 5.74) is 2.70. The SMILES string of the molecule is Bc1cccc2cc3c(B)cccc3cc12. The van der Waals surface area contributed by atoms with Crippen molar-refractivity contribution in [2.45, 2.75) is 0 Å². The van der Waals surface area contributed by atoms with Gasteiger partial charge in [0.25, 0.3) is 0 Å². The molecule has 74 valence electrons. The van der Waals surface area contributed by atoms with Gasteiger partial charge in [0.15, 0.2) is 0 Å². The smallest absolute Gasteiger partial charge is 0.0813 e. The summed E-state index contributed by atoms with van der Waals surface area (Å²) < 4.78 is 0. The molecule has 0 fully saturated rings. The number of fused-ring (bicyclic) bond motifs is 2. The second-order valence-corrected chi connectivity index (χ2v) is 4.44. The van der Waals surface area contributed by atoms with Crippen LogP contribution in [0, 0.1) is 0 Å². The van der Waals surface area contributed by atoms with Crippen LogP contribution in [0.1, 0.15) is 0 Å². The van der Waals surface area contributed by atoms with Crippen LogP contribution in [0.2, 0.25) is 0 Å². The maximum absolute atomic E-state index is 2.30. The molecular formula is C14H12B2. The Balaban J connectivity index is 2.54. The van der Waals surface area contributed by atoms with E-state index in [0.29, 0.717) is 0 Å². The van der Waals surface area contributed by atoms with Gasteiger partial charge in [-0.25, -0.2) is 0 Å². The molecule has 16 heavy (non-hydrogen) atoms. The molecule has 0 saturated carbocycles. The molecule has 0 aliphatic carbocycles. The highest BCUT2D eigenvalue weighted by molar-refractivity contribution is 6.41. The highest BCUT2D eigenvalue weighted by Gasteiger charge is 2.01. The molecule has 0 aliphatic heterocycles. The standard InChI is InChI=1S/C14H12B2/c15-13-5-1-3-9-7-12-10(8-11(9)13)4-2-6-14(12)16/h1-8H,15-16H2. The van der Waals surface area contributed by atoms with Crippen LogP contribution in [0.15, 0.2) is 48.5 Å². The Morgan fingerprint density at radius 1 is 0.625 bits per heavy atom. The van der Waals surface area contributed by atoms with E-state index in [-0.39, 0.29) is 0 Å². The minimum absolute atomic E-state index is 1.34. The molecular weight excluding hydrogens is 190 g/mol. The summed E-state index contributed by atoms with van der Waals surface area (Å²) in [6.45, 7) is 0. The van der Waals surface area contributed by atoms with E-state index in [1.54, 1.807) is 0 Å². The van der Waals surface area contributed by atoms with E-state index in [0.717, 1.165) is 0 Å². The Kier molecular flexibility index (Phi) is 2.03. The molecule has 0 N–H and O–H groups in total. The monoisotopic (exact) mass is 202 g/mol. The van der Waals surface area contributed by atoms with Gasteiger partial charge in [0.1, 0.15) is 15.7 Å². The zero-order valence-electron chi connectivity index (χ0n) is 9.62. The summed E-state index contributed by atoms with van der Waals surface area (Å²) in [4.78, 5) is 0. The first-order chi connectivity index (χ1) is 7.75. The molecule has 0 nitrogen and oxygen atoms in total. The summed E-state index contributed by atoms with van der Waals surface area (Å²) in [5, 5.41) is 5.39. The highest BCUT2D eigenvalue weighted by atomic mass is 14.0. The van der Waals surface area contributed by atoms with Gasteiger partial charge >= 0.3 is 0 Å². The molecule has 0 radical (unpaired) electrons. The van der Waals surface area contributed by atoms with E-state index in [1.165, 1.54) is 32.5 Å². The first-order valence-electron chi connectivity index (χ1n) is 5.64. The molecule has 3 aromatic rings. The van der Waals surface area contributed by atoms with Gasteiger partial charge in [-0.2, -0.15) is 0 Å². The van der Waals surface area contributed by atoms with Gasteiger partial charge in [0.2, 0.25) is 0 Å². The Bertz CT molecular complexity index is 625. The summed E-state index contributed by atoms with van der Waals surface area (Å²) >= 11 is 0. The molecule has 0 spiro atoms. The van der Waals surface area contributed by atoms with E-state index in [9.17, 15) is 0 Å². The number of hydrogen-bond donors (Lipinski definition) is 0. The van der Waals surface area contributed by atoms with Crippen molar-refractivity contribution in [1.29, 1.82) is 0 Å². The first kappa shape index (κ1) is 9.53. The predicted octanol–water partition coefficient (Wildman–Crippen LogP) is 0.510. The fourth-order valence-corrected chi connectivity index (χ4v) is 2.36. The maximum atomic E-state index is 2.30. The maximum Gasteiger partial charge on any atom is 0.140 e. The topological polar surface area (TPSA) is 0 Å². The molecule has 0 amide bonds. The Hall–Kier alpha value is -1.69. The van der Waals surface area contributed by atoms with Crippen molar-refractivity contribution < 1.29 is 0 Å². The fraction of sp³-hybridized carbons (Fsp3) is 0. The Morgan fingerprint density at radius 2 is 1.06 bits per heavy atom. The lowest BCUT2D eigenvalue weighted by Crippen LogP contribution is -2.05. The van der Waals surface area contributed by atoms with Gasteiger partial charge in [0, 0.05) is 0 Å². The van der Waals surface area contributed by atoms with Gasteiger partial charge in [-0.3, -0.25) is 0 Å². The van der Waals surface area contributed by atoms with Crippen LogP contribution in [-0.2, 0) is 0 Å². The molecule has 0 aromatic heterocycles. The summed E-state index contributed by atoms with van der Waals surface area (Å²) in [7, 11) is 4.34. The third-order valence-corrected chi connectivity index (χ3v) is 3.32. The molecule has 0 heterocycles. The van der Waals surface area contributed by atoms with Crippen molar-refractivity contribution in [1.82, 2.24) is 0 Å². The lowest BCUT2D eigenvalue weighted by molar-refractivity contribution is 1.82. The number of benzene rings is 3. The summed E-state index contributed by atoms with van der Waals surface area (Å²) in [5.74, 6) is 0. The third kappa shape index (κ3) is 1.34. The van der Waals surface area contributed by atoms with Crippen molar-refractivity contribution in [2.75, 3.05) is 0 Å². The van der Waals surface area contributed by atoms with Crippen molar-refractivity contribution in [3.8, 4) is 0 Å². The van der Waals surface area contributed by atoms with Gasteiger partial charge in [0.05, 0.1) is 0 Å². The average molecular weight is 202 g/mol. The molecule has 0 unspecified atom stereocenters. The van der Waals surface area contributed by atoms with Crippen molar-refractivity contribution in [3.05, 3.63) is 48.5 Å².